The zero-order chi connectivity index (χ0) is 18.8. The largest absolute Gasteiger partial charge is 0.439 e. The molecule has 5 heteroatoms. The molecule has 3 aromatic rings. The fraction of sp³-hybridized carbons (Fsp3) is 0.364. The van der Waals surface area contributed by atoms with Crippen LogP contribution in [-0.2, 0) is 6.54 Å². The van der Waals surface area contributed by atoms with Crippen molar-refractivity contribution in [1.29, 1.82) is 0 Å². The van der Waals surface area contributed by atoms with Gasteiger partial charge in [0.1, 0.15) is 5.52 Å². The van der Waals surface area contributed by atoms with Gasteiger partial charge in [0.15, 0.2) is 5.58 Å². The highest BCUT2D eigenvalue weighted by Gasteiger charge is 2.21. The van der Waals surface area contributed by atoms with E-state index in [0.29, 0.717) is 6.54 Å². The van der Waals surface area contributed by atoms with Crippen LogP contribution < -0.4 is 0 Å². The summed E-state index contributed by atoms with van der Waals surface area (Å²) in [4.78, 5) is 21.8. The van der Waals surface area contributed by atoms with E-state index in [0.717, 1.165) is 66.3 Å². The van der Waals surface area contributed by atoms with Gasteiger partial charge >= 0.3 is 0 Å². The molecule has 0 N–H and O–H groups in total. The molecule has 1 aliphatic heterocycles. The summed E-state index contributed by atoms with van der Waals surface area (Å²) in [6.07, 6.45) is 0.955. The Morgan fingerprint density at radius 2 is 1.81 bits per heavy atom. The lowest BCUT2D eigenvalue weighted by Crippen LogP contribution is -2.35. The molecule has 1 aromatic heterocycles. The molecular formula is C22H25N3O2. The van der Waals surface area contributed by atoms with E-state index >= 15 is 0 Å². The van der Waals surface area contributed by atoms with Crippen LogP contribution in [0.2, 0.25) is 0 Å². The lowest BCUT2D eigenvalue weighted by molar-refractivity contribution is 0.0760. The van der Waals surface area contributed by atoms with Crippen LogP contribution in [0.4, 0.5) is 0 Å². The molecule has 0 unspecified atom stereocenters. The lowest BCUT2D eigenvalue weighted by Gasteiger charge is -2.21. The summed E-state index contributed by atoms with van der Waals surface area (Å²) in [5.41, 5.74) is 4.78. The van der Waals surface area contributed by atoms with Gasteiger partial charge in [0, 0.05) is 31.7 Å². The van der Waals surface area contributed by atoms with Crippen molar-refractivity contribution in [1.82, 2.24) is 14.8 Å². The maximum absolute atomic E-state index is 12.9. The molecule has 1 aliphatic rings. The number of carbonyl (C=O) groups excluding carboxylic acids is 1. The van der Waals surface area contributed by atoms with Crippen molar-refractivity contribution in [2.45, 2.75) is 26.8 Å². The van der Waals surface area contributed by atoms with E-state index in [9.17, 15) is 4.79 Å². The van der Waals surface area contributed by atoms with Crippen LogP contribution in [0.3, 0.4) is 0 Å². The van der Waals surface area contributed by atoms with Gasteiger partial charge in [0.2, 0.25) is 5.89 Å². The summed E-state index contributed by atoms with van der Waals surface area (Å²) in [5.74, 6) is 0.871. The van der Waals surface area contributed by atoms with Crippen LogP contribution in [0.1, 0.15) is 33.8 Å². The first-order valence-corrected chi connectivity index (χ1v) is 9.53. The van der Waals surface area contributed by atoms with E-state index in [4.69, 9.17) is 4.42 Å². The number of aryl methyl sites for hydroxylation is 2. The van der Waals surface area contributed by atoms with Gasteiger partial charge in [-0.15, -0.1) is 0 Å². The van der Waals surface area contributed by atoms with Crippen LogP contribution in [0.25, 0.3) is 11.1 Å². The monoisotopic (exact) mass is 363 g/mol. The number of oxazole rings is 1. The van der Waals surface area contributed by atoms with Crippen molar-refractivity contribution in [3.63, 3.8) is 0 Å². The van der Waals surface area contributed by atoms with Gasteiger partial charge in [-0.2, -0.15) is 0 Å². The number of hydrogen-bond acceptors (Lipinski definition) is 4. The Kier molecular flexibility index (Phi) is 4.94. The second-order valence-electron chi connectivity index (χ2n) is 7.37. The Balaban J connectivity index is 1.41. The fourth-order valence-corrected chi connectivity index (χ4v) is 3.79. The van der Waals surface area contributed by atoms with Crippen molar-refractivity contribution in [3.05, 3.63) is 65.0 Å². The molecule has 4 rings (SSSR count). The average Bonchev–Trinajstić information content (AvgIpc) is 2.90. The molecule has 0 saturated carbocycles. The molecule has 140 valence electrons. The van der Waals surface area contributed by atoms with Crippen molar-refractivity contribution in [2.75, 3.05) is 26.2 Å². The fourth-order valence-electron chi connectivity index (χ4n) is 3.79. The minimum absolute atomic E-state index is 0.130. The third kappa shape index (κ3) is 4.03. The molecule has 2 aromatic carbocycles. The summed E-state index contributed by atoms with van der Waals surface area (Å²) < 4.78 is 5.85. The first kappa shape index (κ1) is 17.7. The Labute approximate surface area is 159 Å². The minimum atomic E-state index is 0.130. The van der Waals surface area contributed by atoms with Gasteiger partial charge < -0.3 is 9.32 Å². The number of nitrogens with zero attached hydrogens (tertiary/aromatic N) is 3. The Morgan fingerprint density at radius 1 is 1.04 bits per heavy atom. The van der Waals surface area contributed by atoms with Gasteiger partial charge in [-0.05, 0) is 44.5 Å². The third-order valence-corrected chi connectivity index (χ3v) is 5.04. The quantitative estimate of drug-likeness (QED) is 0.710. The Hall–Kier alpha value is -2.66. The first-order chi connectivity index (χ1) is 13.1. The second kappa shape index (κ2) is 7.53. The van der Waals surface area contributed by atoms with Crippen LogP contribution in [-0.4, -0.2) is 46.9 Å². The number of para-hydroxylation sites is 2. The van der Waals surface area contributed by atoms with Crippen LogP contribution in [0.5, 0.6) is 0 Å². The van der Waals surface area contributed by atoms with Crippen molar-refractivity contribution < 1.29 is 9.21 Å². The van der Waals surface area contributed by atoms with Crippen LogP contribution in [0, 0.1) is 13.8 Å². The summed E-state index contributed by atoms with van der Waals surface area (Å²) in [6.45, 7) is 8.04. The Bertz CT molecular complexity index is 910. The van der Waals surface area contributed by atoms with E-state index in [2.05, 4.69) is 16.0 Å². The predicted octanol–water partition coefficient (Wildman–Crippen LogP) is 3.79. The standard InChI is InChI=1S/C22H25N3O2/c1-16-12-17(2)14-18(13-16)22(26)25-9-5-8-24(10-11-25)15-21-23-19-6-3-4-7-20(19)27-21/h3-4,6-7,12-14H,5,8-11,15H2,1-2H3. The molecule has 5 nitrogen and oxygen atoms in total. The molecule has 0 bridgehead atoms. The average molecular weight is 363 g/mol. The third-order valence-electron chi connectivity index (χ3n) is 5.04. The lowest BCUT2D eigenvalue weighted by atomic mass is 10.1. The molecule has 0 aliphatic carbocycles. The molecule has 1 fully saturated rings. The van der Waals surface area contributed by atoms with Gasteiger partial charge in [-0.1, -0.05) is 29.3 Å². The topological polar surface area (TPSA) is 49.6 Å². The predicted molar refractivity (Wildman–Crippen MR) is 106 cm³/mol. The summed E-state index contributed by atoms with van der Waals surface area (Å²) in [6, 6.07) is 13.9. The van der Waals surface area contributed by atoms with Gasteiger partial charge in [0.25, 0.3) is 5.91 Å². The SMILES string of the molecule is Cc1cc(C)cc(C(=O)N2CCCN(Cc3nc4ccccc4o3)CC2)c1. The number of hydrogen-bond donors (Lipinski definition) is 0. The van der Waals surface area contributed by atoms with Gasteiger partial charge in [-0.25, -0.2) is 4.98 Å². The molecule has 0 spiro atoms. The number of rotatable bonds is 3. The number of benzene rings is 2. The normalized spacial score (nSPS) is 15.9. The first-order valence-electron chi connectivity index (χ1n) is 9.53. The minimum Gasteiger partial charge on any atom is -0.439 e. The molecule has 27 heavy (non-hydrogen) atoms. The number of fused-ring (bicyclic) bond motifs is 1. The van der Waals surface area contributed by atoms with Gasteiger partial charge in [-0.3, -0.25) is 9.69 Å². The second-order valence-corrected chi connectivity index (χ2v) is 7.37. The van der Waals surface area contributed by atoms with Crippen molar-refractivity contribution in [2.24, 2.45) is 0 Å². The zero-order valence-electron chi connectivity index (χ0n) is 15.9. The molecular weight excluding hydrogens is 338 g/mol. The zero-order valence-corrected chi connectivity index (χ0v) is 15.9. The van der Waals surface area contributed by atoms with Crippen molar-refractivity contribution >= 4 is 17.0 Å². The molecule has 0 radical (unpaired) electrons. The number of carbonyl (C=O) groups is 1. The van der Waals surface area contributed by atoms with E-state index in [1.54, 1.807) is 0 Å². The smallest absolute Gasteiger partial charge is 0.253 e. The summed E-state index contributed by atoms with van der Waals surface area (Å²) in [7, 11) is 0. The molecule has 2 heterocycles. The summed E-state index contributed by atoms with van der Waals surface area (Å²) >= 11 is 0. The van der Waals surface area contributed by atoms with Crippen LogP contribution >= 0.6 is 0 Å². The van der Waals surface area contributed by atoms with E-state index in [1.807, 2.05) is 55.1 Å². The maximum atomic E-state index is 12.9. The number of aromatic nitrogens is 1. The number of amides is 1. The molecule has 0 atom stereocenters. The van der Waals surface area contributed by atoms with E-state index in [-0.39, 0.29) is 5.91 Å². The highest BCUT2D eigenvalue weighted by atomic mass is 16.3. The van der Waals surface area contributed by atoms with Crippen molar-refractivity contribution in [3.8, 4) is 0 Å². The maximum Gasteiger partial charge on any atom is 0.253 e. The molecule has 1 amide bonds. The summed E-state index contributed by atoms with van der Waals surface area (Å²) in [5, 5.41) is 0. The highest BCUT2D eigenvalue weighted by molar-refractivity contribution is 5.94. The van der Waals surface area contributed by atoms with Gasteiger partial charge in [0.05, 0.1) is 6.54 Å². The molecule has 1 saturated heterocycles. The van der Waals surface area contributed by atoms with E-state index < -0.39 is 0 Å². The van der Waals surface area contributed by atoms with Crippen LogP contribution in [0.15, 0.2) is 46.9 Å². The highest BCUT2D eigenvalue weighted by Crippen LogP contribution is 2.18. The van der Waals surface area contributed by atoms with E-state index in [1.165, 1.54) is 0 Å². The Morgan fingerprint density at radius 3 is 2.59 bits per heavy atom.